The van der Waals surface area contributed by atoms with Crippen LogP contribution >= 0.6 is 0 Å². The lowest BCUT2D eigenvalue weighted by Gasteiger charge is -2.09. The minimum atomic E-state index is 0.434. The number of ether oxygens (including phenoxy) is 1. The monoisotopic (exact) mass is 173 g/mol. The highest BCUT2D eigenvalue weighted by molar-refractivity contribution is 4.47. The maximum absolute atomic E-state index is 5.54. The third kappa shape index (κ3) is 8.02. The predicted octanol–water partition coefficient (Wildman–Crippen LogP) is 2.19. The van der Waals surface area contributed by atoms with Crippen molar-refractivity contribution >= 4 is 0 Å². The van der Waals surface area contributed by atoms with Crippen LogP contribution in [0, 0.1) is 0 Å². The summed E-state index contributed by atoms with van der Waals surface area (Å²) in [4.78, 5) is 0. The van der Waals surface area contributed by atoms with Gasteiger partial charge in [0.15, 0.2) is 0 Å². The van der Waals surface area contributed by atoms with Crippen molar-refractivity contribution in [2.24, 2.45) is 0 Å². The van der Waals surface area contributed by atoms with Crippen LogP contribution in [0.4, 0.5) is 0 Å². The lowest BCUT2D eigenvalue weighted by Crippen LogP contribution is -2.15. The van der Waals surface area contributed by atoms with E-state index in [2.05, 4.69) is 26.1 Å². The van der Waals surface area contributed by atoms with Crippen LogP contribution in [0.3, 0.4) is 0 Å². The Hall–Kier alpha value is -0.0800. The van der Waals surface area contributed by atoms with Crippen LogP contribution in [0.2, 0.25) is 0 Å². The van der Waals surface area contributed by atoms with Crippen molar-refractivity contribution in [1.29, 1.82) is 0 Å². The molecule has 0 heterocycles. The molecule has 0 aliphatic heterocycles. The Morgan fingerprint density at radius 2 is 2.00 bits per heavy atom. The van der Waals surface area contributed by atoms with Gasteiger partial charge in [-0.3, -0.25) is 0 Å². The Balaban J connectivity index is 2.90. The summed E-state index contributed by atoms with van der Waals surface area (Å²) < 4.78 is 5.54. The van der Waals surface area contributed by atoms with Crippen LogP contribution in [0.1, 0.15) is 40.0 Å². The van der Waals surface area contributed by atoms with Crippen molar-refractivity contribution in [3.8, 4) is 0 Å². The number of rotatable bonds is 8. The summed E-state index contributed by atoms with van der Waals surface area (Å²) in [5, 5.41) is 3.29. The molecule has 0 aromatic carbocycles. The molecule has 74 valence electrons. The number of nitrogens with one attached hydrogen (secondary N) is 1. The molecule has 0 rings (SSSR count). The molecule has 0 bridgehead atoms. The quantitative estimate of drug-likeness (QED) is 0.568. The van der Waals surface area contributed by atoms with E-state index in [9.17, 15) is 0 Å². The minimum Gasteiger partial charge on any atom is -0.379 e. The van der Waals surface area contributed by atoms with Crippen LogP contribution in [-0.2, 0) is 4.74 Å². The van der Waals surface area contributed by atoms with Gasteiger partial charge in [-0.25, -0.2) is 0 Å². The third-order valence-electron chi connectivity index (χ3n) is 1.98. The number of unbranched alkanes of at least 4 members (excludes halogenated alkanes) is 1. The second-order valence-electron chi connectivity index (χ2n) is 3.15. The summed E-state index contributed by atoms with van der Waals surface area (Å²) in [7, 11) is 0. The Morgan fingerprint density at radius 3 is 2.58 bits per heavy atom. The van der Waals surface area contributed by atoms with E-state index in [1.165, 1.54) is 12.8 Å². The van der Waals surface area contributed by atoms with Gasteiger partial charge in [0.25, 0.3) is 0 Å². The number of hydrogen-bond donors (Lipinski definition) is 1. The van der Waals surface area contributed by atoms with E-state index in [-0.39, 0.29) is 0 Å². The first-order chi connectivity index (χ1) is 5.81. The molecule has 0 aromatic heterocycles. The van der Waals surface area contributed by atoms with Crippen molar-refractivity contribution in [2.45, 2.75) is 46.1 Å². The summed E-state index contributed by atoms with van der Waals surface area (Å²) in [5.74, 6) is 0. The van der Waals surface area contributed by atoms with Gasteiger partial charge in [-0.2, -0.15) is 0 Å². The molecule has 1 atom stereocenters. The maximum Gasteiger partial charge on any atom is 0.0544 e. The fourth-order valence-corrected chi connectivity index (χ4v) is 0.931. The Morgan fingerprint density at radius 1 is 1.25 bits per heavy atom. The fraction of sp³-hybridized carbons (Fsp3) is 1.00. The van der Waals surface area contributed by atoms with Gasteiger partial charge in [0, 0.05) is 6.61 Å². The van der Waals surface area contributed by atoms with Crippen molar-refractivity contribution in [3.05, 3.63) is 0 Å². The summed E-state index contributed by atoms with van der Waals surface area (Å²) >= 11 is 0. The minimum absolute atomic E-state index is 0.434. The Labute approximate surface area is 76.7 Å². The van der Waals surface area contributed by atoms with Crippen molar-refractivity contribution in [3.63, 3.8) is 0 Å². The van der Waals surface area contributed by atoms with Gasteiger partial charge >= 0.3 is 0 Å². The molecule has 12 heavy (non-hydrogen) atoms. The van der Waals surface area contributed by atoms with Gasteiger partial charge in [0.1, 0.15) is 0 Å². The first-order valence-electron chi connectivity index (χ1n) is 5.13. The van der Waals surface area contributed by atoms with E-state index in [0.29, 0.717) is 6.10 Å². The molecule has 2 heteroatoms. The predicted molar refractivity (Wildman–Crippen MR) is 53.5 cm³/mol. The normalized spacial score (nSPS) is 13.2. The van der Waals surface area contributed by atoms with E-state index < -0.39 is 0 Å². The van der Waals surface area contributed by atoms with E-state index in [0.717, 1.165) is 26.1 Å². The summed E-state index contributed by atoms with van der Waals surface area (Å²) in [6, 6.07) is 0. The lowest BCUT2D eigenvalue weighted by molar-refractivity contribution is 0.0611. The highest BCUT2D eigenvalue weighted by Crippen LogP contribution is 1.97. The molecule has 1 N–H and O–H groups in total. The van der Waals surface area contributed by atoms with Crippen LogP contribution < -0.4 is 5.32 Å². The summed E-state index contributed by atoms with van der Waals surface area (Å²) in [6.45, 7) is 9.54. The van der Waals surface area contributed by atoms with Crippen LogP contribution in [0.25, 0.3) is 0 Å². The highest BCUT2D eigenvalue weighted by atomic mass is 16.5. The molecule has 0 saturated carbocycles. The van der Waals surface area contributed by atoms with Gasteiger partial charge in [0.05, 0.1) is 6.10 Å². The van der Waals surface area contributed by atoms with Crippen LogP contribution in [0.15, 0.2) is 0 Å². The molecular weight excluding hydrogens is 150 g/mol. The zero-order valence-electron chi connectivity index (χ0n) is 8.73. The number of hydrogen-bond acceptors (Lipinski definition) is 2. The first kappa shape index (κ1) is 11.9. The molecule has 0 aliphatic carbocycles. The smallest absolute Gasteiger partial charge is 0.0544 e. The highest BCUT2D eigenvalue weighted by Gasteiger charge is 1.96. The van der Waals surface area contributed by atoms with Gasteiger partial charge < -0.3 is 10.1 Å². The second kappa shape index (κ2) is 9.01. The van der Waals surface area contributed by atoms with Gasteiger partial charge in [-0.05, 0) is 39.3 Å². The molecule has 0 radical (unpaired) electrons. The lowest BCUT2D eigenvalue weighted by atomic mass is 10.3. The Kier molecular flexibility index (Phi) is 8.95. The SMILES string of the molecule is CCNCCCCOC(C)CC. The molecule has 0 aromatic rings. The topological polar surface area (TPSA) is 21.3 Å². The zero-order valence-corrected chi connectivity index (χ0v) is 8.73. The van der Waals surface area contributed by atoms with E-state index in [4.69, 9.17) is 4.74 Å². The molecule has 0 saturated heterocycles. The first-order valence-corrected chi connectivity index (χ1v) is 5.13. The zero-order chi connectivity index (χ0) is 9.23. The van der Waals surface area contributed by atoms with Gasteiger partial charge in [-0.1, -0.05) is 13.8 Å². The summed E-state index contributed by atoms with van der Waals surface area (Å²) in [5.41, 5.74) is 0. The van der Waals surface area contributed by atoms with Gasteiger partial charge in [-0.15, -0.1) is 0 Å². The van der Waals surface area contributed by atoms with Crippen LogP contribution in [0.5, 0.6) is 0 Å². The van der Waals surface area contributed by atoms with E-state index in [1.807, 2.05) is 0 Å². The van der Waals surface area contributed by atoms with Crippen molar-refractivity contribution < 1.29 is 4.74 Å². The fourth-order valence-electron chi connectivity index (χ4n) is 0.931. The molecule has 0 amide bonds. The third-order valence-corrected chi connectivity index (χ3v) is 1.98. The molecule has 2 nitrogen and oxygen atoms in total. The van der Waals surface area contributed by atoms with E-state index >= 15 is 0 Å². The maximum atomic E-state index is 5.54. The Bertz CT molecular complexity index is 85.9. The average molecular weight is 173 g/mol. The molecule has 0 aliphatic rings. The summed E-state index contributed by atoms with van der Waals surface area (Å²) in [6.07, 6.45) is 3.96. The van der Waals surface area contributed by atoms with Gasteiger partial charge in [0.2, 0.25) is 0 Å². The average Bonchev–Trinajstić information content (AvgIpc) is 2.10. The van der Waals surface area contributed by atoms with Crippen molar-refractivity contribution in [2.75, 3.05) is 19.7 Å². The van der Waals surface area contributed by atoms with E-state index in [1.54, 1.807) is 0 Å². The molecule has 1 unspecified atom stereocenters. The largest absolute Gasteiger partial charge is 0.379 e. The standard InChI is InChI=1S/C10H23NO/c1-4-10(3)12-9-7-6-8-11-5-2/h10-11H,4-9H2,1-3H3. The van der Waals surface area contributed by atoms with Crippen molar-refractivity contribution in [1.82, 2.24) is 5.32 Å². The van der Waals surface area contributed by atoms with Crippen LogP contribution in [-0.4, -0.2) is 25.8 Å². The molecule has 0 spiro atoms. The second-order valence-corrected chi connectivity index (χ2v) is 3.15. The molecule has 0 fully saturated rings. The molecular formula is C10H23NO.